The summed E-state index contributed by atoms with van der Waals surface area (Å²) in [7, 11) is 0. The van der Waals surface area contributed by atoms with Crippen LogP contribution in [0.1, 0.15) is 11.3 Å². The highest BCUT2D eigenvalue weighted by Gasteiger charge is 2.15. The van der Waals surface area contributed by atoms with E-state index in [1.165, 1.54) is 0 Å². The van der Waals surface area contributed by atoms with Crippen LogP contribution >= 0.6 is 11.6 Å². The maximum atomic E-state index is 8.93. The molecule has 18 heavy (non-hydrogen) atoms. The zero-order valence-corrected chi connectivity index (χ0v) is 10.4. The Balaban J connectivity index is 2.15. The molecule has 0 radical (unpaired) electrons. The van der Waals surface area contributed by atoms with Gasteiger partial charge in [-0.3, -0.25) is 4.99 Å². The number of halogens is 1. The zero-order valence-electron chi connectivity index (χ0n) is 9.60. The average molecular weight is 256 g/mol. The molecule has 1 aliphatic heterocycles. The van der Waals surface area contributed by atoms with E-state index in [1.54, 1.807) is 6.07 Å². The summed E-state index contributed by atoms with van der Waals surface area (Å²) >= 11 is 6.39. The summed E-state index contributed by atoms with van der Waals surface area (Å²) < 4.78 is 2.04. The lowest BCUT2D eigenvalue weighted by molar-refractivity contribution is 0.696. The number of fused-ring (bicyclic) bond motifs is 1. The van der Waals surface area contributed by atoms with Crippen molar-refractivity contribution in [3.63, 3.8) is 0 Å². The Labute approximate surface area is 110 Å². The van der Waals surface area contributed by atoms with Crippen LogP contribution in [0.2, 0.25) is 5.15 Å². The van der Waals surface area contributed by atoms with Gasteiger partial charge in [0.15, 0.2) is 0 Å². The predicted molar refractivity (Wildman–Crippen MR) is 72.1 cm³/mol. The second kappa shape index (κ2) is 4.32. The molecule has 1 aromatic heterocycles. The van der Waals surface area contributed by atoms with Gasteiger partial charge in [0.05, 0.1) is 23.9 Å². The molecule has 0 amide bonds. The molecule has 0 saturated heterocycles. The minimum Gasteiger partial charge on any atom is -0.328 e. The average Bonchev–Trinajstić information content (AvgIpc) is 2.77. The normalized spacial score (nSPS) is 13.1. The Morgan fingerprint density at radius 2 is 2.22 bits per heavy atom. The standard InChI is InChI=1S/C14H10ClN3/c15-14-13(7-12-9-17-4-5-18(12)14)11-3-1-2-10(6-11)8-16/h1-3,6-7,9H,4-5H2. The van der Waals surface area contributed by atoms with Gasteiger partial charge in [0, 0.05) is 18.3 Å². The van der Waals surface area contributed by atoms with E-state index in [0.29, 0.717) is 10.7 Å². The fourth-order valence-corrected chi connectivity index (χ4v) is 2.50. The lowest BCUT2D eigenvalue weighted by Crippen LogP contribution is -2.10. The van der Waals surface area contributed by atoms with Crippen LogP contribution in [0.3, 0.4) is 0 Å². The molecule has 4 heteroatoms. The van der Waals surface area contributed by atoms with Gasteiger partial charge in [-0.25, -0.2) is 0 Å². The van der Waals surface area contributed by atoms with E-state index in [1.807, 2.05) is 35.0 Å². The SMILES string of the molecule is N#Cc1cccc(-c2cc3n(c2Cl)CCN=C3)c1. The van der Waals surface area contributed by atoms with Crippen molar-refractivity contribution < 1.29 is 0 Å². The van der Waals surface area contributed by atoms with Gasteiger partial charge >= 0.3 is 0 Å². The van der Waals surface area contributed by atoms with Crippen molar-refractivity contribution in [3.05, 3.63) is 46.7 Å². The van der Waals surface area contributed by atoms with Crippen LogP contribution in [-0.4, -0.2) is 17.3 Å². The second-order valence-electron chi connectivity index (χ2n) is 4.15. The maximum Gasteiger partial charge on any atom is 0.117 e. The largest absolute Gasteiger partial charge is 0.328 e. The van der Waals surface area contributed by atoms with Gasteiger partial charge in [-0.15, -0.1) is 0 Å². The van der Waals surface area contributed by atoms with Gasteiger partial charge in [0.25, 0.3) is 0 Å². The van der Waals surface area contributed by atoms with E-state index in [9.17, 15) is 0 Å². The maximum absolute atomic E-state index is 8.93. The Hall–Kier alpha value is -2.05. The molecule has 0 spiro atoms. The Kier molecular flexibility index (Phi) is 2.66. The molecule has 2 aromatic rings. The Morgan fingerprint density at radius 3 is 3.00 bits per heavy atom. The molecule has 0 unspecified atom stereocenters. The predicted octanol–water partition coefficient (Wildman–Crippen LogP) is 3.11. The molecule has 1 aromatic carbocycles. The number of aliphatic imine (C=N–C) groups is 1. The minimum absolute atomic E-state index is 0.640. The first-order valence-electron chi connectivity index (χ1n) is 5.69. The summed E-state index contributed by atoms with van der Waals surface area (Å²) in [6.45, 7) is 1.57. The smallest absolute Gasteiger partial charge is 0.117 e. The zero-order chi connectivity index (χ0) is 12.5. The lowest BCUT2D eigenvalue weighted by atomic mass is 10.1. The molecule has 0 fully saturated rings. The van der Waals surface area contributed by atoms with Crippen LogP contribution in [0, 0.1) is 11.3 Å². The van der Waals surface area contributed by atoms with Crippen LogP contribution in [0.15, 0.2) is 35.3 Å². The van der Waals surface area contributed by atoms with Crippen molar-refractivity contribution >= 4 is 17.8 Å². The van der Waals surface area contributed by atoms with Crippen LogP contribution in [-0.2, 0) is 6.54 Å². The molecule has 3 nitrogen and oxygen atoms in total. The van der Waals surface area contributed by atoms with E-state index in [4.69, 9.17) is 16.9 Å². The Morgan fingerprint density at radius 1 is 1.33 bits per heavy atom. The number of benzene rings is 1. The van der Waals surface area contributed by atoms with E-state index < -0.39 is 0 Å². The van der Waals surface area contributed by atoms with Gasteiger partial charge in [-0.2, -0.15) is 5.26 Å². The van der Waals surface area contributed by atoms with Crippen molar-refractivity contribution in [1.29, 1.82) is 5.26 Å². The molecule has 1 aliphatic rings. The van der Waals surface area contributed by atoms with E-state index in [0.717, 1.165) is 29.9 Å². The molecule has 2 heterocycles. The summed E-state index contributed by atoms with van der Waals surface area (Å²) in [5.41, 5.74) is 3.58. The molecular weight excluding hydrogens is 246 g/mol. The highest BCUT2D eigenvalue weighted by atomic mass is 35.5. The fraction of sp³-hybridized carbons (Fsp3) is 0.143. The lowest BCUT2D eigenvalue weighted by Gasteiger charge is -2.10. The third-order valence-electron chi connectivity index (χ3n) is 3.04. The van der Waals surface area contributed by atoms with Gasteiger partial charge in [-0.1, -0.05) is 23.7 Å². The summed E-state index contributed by atoms with van der Waals surface area (Å²) in [5, 5.41) is 9.65. The third kappa shape index (κ3) is 1.71. The number of aromatic nitrogens is 1. The van der Waals surface area contributed by atoms with Crippen molar-refractivity contribution in [1.82, 2.24) is 4.57 Å². The summed E-state index contributed by atoms with van der Waals surface area (Å²) in [4.78, 5) is 4.24. The number of rotatable bonds is 1. The second-order valence-corrected chi connectivity index (χ2v) is 4.51. The summed E-state index contributed by atoms with van der Waals surface area (Å²) in [6.07, 6.45) is 1.84. The minimum atomic E-state index is 0.640. The topological polar surface area (TPSA) is 41.1 Å². The van der Waals surface area contributed by atoms with E-state index in [2.05, 4.69) is 11.1 Å². The molecule has 0 atom stereocenters. The van der Waals surface area contributed by atoms with Crippen LogP contribution in [0.25, 0.3) is 11.1 Å². The molecule has 3 rings (SSSR count). The molecule has 0 N–H and O–H groups in total. The highest BCUT2D eigenvalue weighted by Crippen LogP contribution is 2.32. The Bertz CT molecular complexity index is 677. The van der Waals surface area contributed by atoms with Crippen molar-refractivity contribution in [3.8, 4) is 17.2 Å². The van der Waals surface area contributed by atoms with Crippen LogP contribution in [0.4, 0.5) is 0 Å². The van der Waals surface area contributed by atoms with Gasteiger partial charge < -0.3 is 4.57 Å². The molecular formula is C14H10ClN3. The van der Waals surface area contributed by atoms with E-state index >= 15 is 0 Å². The third-order valence-corrected chi connectivity index (χ3v) is 3.45. The van der Waals surface area contributed by atoms with Crippen molar-refractivity contribution in [2.45, 2.75) is 6.54 Å². The van der Waals surface area contributed by atoms with Gasteiger partial charge in [0.1, 0.15) is 5.15 Å². The van der Waals surface area contributed by atoms with Gasteiger partial charge in [-0.05, 0) is 23.8 Å². The van der Waals surface area contributed by atoms with Crippen LogP contribution < -0.4 is 0 Å². The fourth-order valence-electron chi connectivity index (χ4n) is 2.15. The van der Waals surface area contributed by atoms with Crippen molar-refractivity contribution in [2.75, 3.05) is 6.54 Å². The first-order chi connectivity index (χ1) is 8.79. The van der Waals surface area contributed by atoms with Gasteiger partial charge in [0.2, 0.25) is 0 Å². The molecule has 0 aliphatic carbocycles. The summed E-state index contributed by atoms with van der Waals surface area (Å²) in [6, 6.07) is 11.6. The monoisotopic (exact) mass is 255 g/mol. The number of hydrogen-bond donors (Lipinski definition) is 0. The first kappa shape index (κ1) is 11.1. The first-order valence-corrected chi connectivity index (χ1v) is 6.07. The molecule has 88 valence electrons. The van der Waals surface area contributed by atoms with E-state index in [-0.39, 0.29) is 0 Å². The number of hydrogen-bond acceptors (Lipinski definition) is 2. The number of nitrogens with zero attached hydrogens (tertiary/aromatic N) is 3. The molecule has 0 saturated carbocycles. The summed E-state index contributed by atoms with van der Waals surface area (Å²) in [5.74, 6) is 0. The molecule has 0 bridgehead atoms. The van der Waals surface area contributed by atoms with Crippen LogP contribution in [0.5, 0.6) is 0 Å². The quantitative estimate of drug-likeness (QED) is 0.772. The van der Waals surface area contributed by atoms with Crippen molar-refractivity contribution in [2.24, 2.45) is 4.99 Å². The number of nitriles is 1. The highest BCUT2D eigenvalue weighted by molar-refractivity contribution is 6.32.